The number of nitrogens with one attached hydrogen (secondary N) is 1. The summed E-state index contributed by atoms with van der Waals surface area (Å²) in [4.78, 5) is 14.5. The van der Waals surface area contributed by atoms with Crippen LogP contribution in [0.2, 0.25) is 0 Å². The number of likely N-dealkylation sites (tertiary alicyclic amines) is 1. The lowest BCUT2D eigenvalue weighted by Crippen LogP contribution is -2.41. The molecule has 0 aromatic heterocycles. The summed E-state index contributed by atoms with van der Waals surface area (Å²) in [6, 6.07) is 12.7. The molecule has 0 unspecified atom stereocenters. The Kier molecular flexibility index (Phi) is 6.92. The fraction of sp³-hybridized carbons (Fsp3) is 0.409. The fourth-order valence-electron chi connectivity index (χ4n) is 3.84. The van der Waals surface area contributed by atoms with Gasteiger partial charge in [-0.25, -0.2) is 4.39 Å². The van der Waals surface area contributed by atoms with Crippen molar-refractivity contribution in [1.29, 1.82) is 0 Å². The maximum atomic E-state index is 13.0. The summed E-state index contributed by atoms with van der Waals surface area (Å²) in [5.74, 6) is 0.642. The van der Waals surface area contributed by atoms with Gasteiger partial charge in [0.2, 0.25) is 5.91 Å². The molecule has 1 saturated heterocycles. The number of aryl methyl sites for hydroxylation is 1. The summed E-state index contributed by atoms with van der Waals surface area (Å²) in [7, 11) is 0. The molecule has 1 N–H and O–H groups in total. The van der Waals surface area contributed by atoms with Crippen LogP contribution in [0.5, 0.6) is 5.75 Å². The predicted molar refractivity (Wildman–Crippen MR) is 109 cm³/mol. The number of hydrogen-bond acceptors (Lipinski definition) is 3. The molecule has 2 aromatic carbocycles. The highest BCUT2D eigenvalue weighted by Gasteiger charge is 2.23. The Morgan fingerprint density at radius 1 is 1.07 bits per heavy atom. The summed E-state index contributed by atoms with van der Waals surface area (Å²) >= 11 is 0. The van der Waals surface area contributed by atoms with Crippen molar-refractivity contribution in [3.63, 3.8) is 0 Å². The van der Waals surface area contributed by atoms with Crippen molar-refractivity contribution in [3.05, 3.63) is 65.0 Å². The zero-order valence-corrected chi connectivity index (χ0v) is 16.6. The molecule has 0 aliphatic carbocycles. The van der Waals surface area contributed by atoms with Crippen LogP contribution in [0.15, 0.2) is 42.5 Å². The van der Waals surface area contributed by atoms with Crippen molar-refractivity contribution in [2.45, 2.75) is 44.9 Å². The van der Waals surface area contributed by atoms with Crippen LogP contribution in [0.4, 0.5) is 4.39 Å². The van der Waals surface area contributed by atoms with Gasteiger partial charge in [0.1, 0.15) is 17.7 Å². The van der Waals surface area contributed by atoms with Gasteiger partial charge in [-0.15, -0.1) is 12.4 Å². The van der Waals surface area contributed by atoms with E-state index in [-0.39, 0.29) is 30.2 Å². The summed E-state index contributed by atoms with van der Waals surface area (Å²) in [6.07, 6.45) is 3.05. The van der Waals surface area contributed by atoms with Gasteiger partial charge in [-0.2, -0.15) is 0 Å². The van der Waals surface area contributed by atoms with Crippen molar-refractivity contribution in [1.82, 2.24) is 10.2 Å². The second kappa shape index (κ2) is 9.39. The average molecular weight is 405 g/mol. The molecule has 150 valence electrons. The molecule has 2 heterocycles. The van der Waals surface area contributed by atoms with E-state index < -0.39 is 0 Å². The van der Waals surface area contributed by atoms with Gasteiger partial charge >= 0.3 is 0 Å². The molecule has 2 aromatic rings. The van der Waals surface area contributed by atoms with Crippen molar-refractivity contribution in [2.24, 2.45) is 0 Å². The topological polar surface area (TPSA) is 41.6 Å². The zero-order chi connectivity index (χ0) is 18.6. The van der Waals surface area contributed by atoms with Crippen LogP contribution in [-0.2, 0) is 24.3 Å². The number of halogens is 2. The molecule has 1 fully saturated rings. The van der Waals surface area contributed by atoms with Gasteiger partial charge in [0.05, 0.1) is 0 Å². The second-order valence-electron chi connectivity index (χ2n) is 7.36. The Labute approximate surface area is 171 Å². The number of amides is 1. The number of benzene rings is 2. The molecule has 1 amide bonds. The Balaban J connectivity index is 0.00000225. The number of nitrogens with zero attached hydrogens (tertiary/aromatic N) is 1. The van der Waals surface area contributed by atoms with Crippen molar-refractivity contribution in [3.8, 4) is 5.75 Å². The van der Waals surface area contributed by atoms with E-state index in [0.29, 0.717) is 12.2 Å². The number of carbonyl (C=O) groups is 1. The van der Waals surface area contributed by atoms with Gasteiger partial charge in [0, 0.05) is 45.4 Å². The van der Waals surface area contributed by atoms with Crippen LogP contribution in [0, 0.1) is 5.82 Å². The van der Waals surface area contributed by atoms with Gasteiger partial charge in [-0.1, -0.05) is 18.2 Å². The van der Waals surface area contributed by atoms with Crippen LogP contribution < -0.4 is 10.1 Å². The van der Waals surface area contributed by atoms with E-state index in [1.54, 1.807) is 12.1 Å². The molecule has 2 aliphatic heterocycles. The van der Waals surface area contributed by atoms with Gasteiger partial charge < -0.3 is 15.0 Å². The summed E-state index contributed by atoms with van der Waals surface area (Å²) in [5, 5.41) is 3.35. The highest BCUT2D eigenvalue weighted by molar-refractivity contribution is 5.85. The minimum Gasteiger partial charge on any atom is -0.490 e. The Morgan fingerprint density at radius 2 is 1.79 bits per heavy atom. The monoisotopic (exact) mass is 404 g/mol. The molecule has 0 spiro atoms. The van der Waals surface area contributed by atoms with Crippen LogP contribution in [0.3, 0.4) is 0 Å². The third-order valence-corrected chi connectivity index (χ3v) is 5.44. The second-order valence-corrected chi connectivity index (χ2v) is 7.36. The minimum absolute atomic E-state index is 0. The SMILES string of the molecule is Cl.O=C(CCc1ccc2c(c1)CNC2)N1CCC(Oc2ccc(F)cc2)CC1. The van der Waals surface area contributed by atoms with E-state index in [4.69, 9.17) is 4.74 Å². The lowest BCUT2D eigenvalue weighted by atomic mass is 10.0. The number of rotatable bonds is 5. The van der Waals surface area contributed by atoms with Crippen molar-refractivity contribution >= 4 is 18.3 Å². The van der Waals surface area contributed by atoms with Gasteiger partial charge in [-0.05, 0) is 47.4 Å². The van der Waals surface area contributed by atoms with Crippen LogP contribution in [0.1, 0.15) is 36.0 Å². The standard InChI is InChI=1S/C22H25FN2O2.ClH/c23-19-4-6-20(7-5-19)27-21-9-11-25(12-10-21)22(26)8-2-16-1-3-17-14-24-15-18(17)13-16;/h1,3-7,13,21,24H,2,8-12,14-15H2;1H. The molecule has 0 radical (unpaired) electrons. The molecule has 2 aliphatic rings. The Bertz CT molecular complexity index is 805. The van der Waals surface area contributed by atoms with E-state index in [1.165, 1.54) is 28.8 Å². The molecular weight excluding hydrogens is 379 g/mol. The predicted octanol–water partition coefficient (Wildman–Crippen LogP) is 3.85. The number of piperidine rings is 1. The van der Waals surface area contributed by atoms with E-state index in [2.05, 4.69) is 23.5 Å². The number of carbonyl (C=O) groups excluding carboxylic acids is 1. The van der Waals surface area contributed by atoms with E-state index >= 15 is 0 Å². The maximum absolute atomic E-state index is 13.0. The Hall–Kier alpha value is -2.11. The lowest BCUT2D eigenvalue weighted by Gasteiger charge is -2.32. The van der Waals surface area contributed by atoms with Crippen LogP contribution >= 0.6 is 12.4 Å². The van der Waals surface area contributed by atoms with E-state index in [0.717, 1.165) is 45.4 Å². The molecule has 4 nitrogen and oxygen atoms in total. The summed E-state index contributed by atoms with van der Waals surface area (Å²) in [6.45, 7) is 3.32. The van der Waals surface area contributed by atoms with E-state index in [1.807, 2.05) is 4.90 Å². The molecule has 28 heavy (non-hydrogen) atoms. The molecular formula is C22H26ClFN2O2. The summed E-state index contributed by atoms with van der Waals surface area (Å²) in [5.41, 5.74) is 3.97. The van der Waals surface area contributed by atoms with Crippen LogP contribution in [0.25, 0.3) is 0 Å². The molecule has 0 atom stereocenters. The third-order valence-electron chi connectivity index (χ3n) is 5.44. The number of ether oxygens (including phenoxy) is 1. The normalized spacial score (nSPS) is 16.4. The van der Waals surface area contributed by atoms with Crippen molar-refractivity contribution < 1.29 is 13.9 Å². The first-order chi connectivity index (χ1) is 13.2. The number of hydrogen-bond donors (Lipinski definition) is 1. The van der Waals surface area contributed by atoms with Crippen LogP contribution in [-0.4, -0.2) is 30.0 Å². The highest BCUT2D eigenvalue weighted by atomic mass is 35.5. The first-order valence-corrected chi connectivity index (χ1v) is 9.69. The van der Waals surface area contributed by atoms with Gasteiger partial charge in [-0.3, -0.25) is 4.79 Å². The molecule has 4 rings (SSSR count). The zero-order valence-electron chi connectivity index (χ0n) is 15.8. The molecule has 0 bridgehead atoms. The summed E-state index contributed by atoms with van der Waals surface area (Å²) < 4.78 is 18.9. The van der Waals surface area contributed by atoms with E-state index in [9.17, 15) is 9.18 Å². The largest absolute Gasteiger partial charge is 0.490 e. The molecule has 6 heteroatoms. The number of fused-ring (bicyclic) bond motifs is 1. The van der Waals surface area contributed by atoms with Gasteiger partial charge in [0.25, 0.3) is 0 Å². The maximum Gasteiger partial charge on any atom is 0.222 e. The smallest absolute Gasteiger partial charge is 0.222 e. The highest BCUT2D eigenvalue weighted by Crippen LogP contribution is 2.21. The molecule has 0 saturated carbocycles. The lowest BCUT2D eigenvalue weighted by molar-refractivity contribution is -0.132. The van der Waals surface area contributed by atoms with Gasteiger partial charge in [0.15, 0.2) is 0 Å². The Morgan fingerprint density at radius 3 is 2.54 bits per heavy atom. The third kappa shape index (κ3) is 5.03. The first kappa shape index (κ1) is 20.6. The minimum atomic E-state index is -0.262. The fourth-order valence-corrected chi connectivity index (χ4v) is 3.84. The first-order valence-electron chi connectivity index (χ1n) is 9.69. The van der Waals surface area contributed by atoms with Crippen molar-refractivity contribution in [2.75, 3.05) is 13.1 Å². The quantitative estimate of drug-likeness (QED) is 0.822. The average Bonchev–Trinajstić information content (AvgIpc) is 3.16.